The van der Waals surface area contributed by atoms with E-state index in [2.05, 4.69) is 5.16 Å². The standard InChI is InChI=1S/C22H26ClNO5/c1-13(2)28-22(26)17-6-4-5-15(11-17)12-27-18-9-7-16(8-10-18)20-19(21(23)25)14(3)24-29-20/h7-10,13,15,17H,4-6,11-12H2,1-3H3. The third-order valence-electron chi connectivity index (χ3n) is 5.13. The highest BCUT2D eigenvalue weighted by atomic mass is 35.5. The number of esters is 1. The Morgan fingerprint density at radius 3 is 2.62 bits per heavy atom. The zero-order chi connectivity index (χ0) is 21.0. The maximum absolute atomic E-state index is 12.2. The van der Waals surface area contributed by atoms with Gasteiger partial charge in [0.25, 0.3) is 5.24 Å². The van der Waals surface area contributed by atoms with Crippen molar-refractivity contribution in [2.45, 2.75) is 52.6 Å². The van der Waals surface area contributed by atoms with Crippen LogP contribution in [-0.2, 0) is 9.53 Å². The molecule has 2 aromatic rings. The number of aromatic nitrogens is 1. The maximum Gasteiger partial charge on any atom is 0.309 e. The molecule has 1 saturated carbocycles. The molecule has 0 radical (unpaired) electrons. The summed E-state index contributed by atoms with van der Waals surface area (Å²) in [7, 11) is 0. The first-order chi connectivity index (χ1) is 13.8. The Morgan fingerprint density at radius 2 is 1.97 bits per heavy atom. The molecule has 0 amide bonds. The number of aryl methyl sites for hydroxylation is 1. The van der Waals surface area contributed by atoms with Crippen molar-refractivity contribution in [3.63, 3.8) is 0 Å². The smallest absolute Gasteiger partial charge is 0.309 e. The van der Waals surface area contributed by atoms with E-state index in [9.17, 15) is 9.59 Å². The van der Waals surface area contributed by atoms with Crippen molar-refractivity contribution in [2.75, 3.05) is 6.61 Å². The lowest BCUT2D eigenvalue weighted by atomic mass is 9.82. The van der Waals surface area contributed by atoms with Gasteiger partial charge in [0.15, 0.2) is 5.76 Å². The minimum atomic E-state index is -0.595. The highest BCUT2D eigenvalue weighted by molar-refractivity contribution is 6.68. The highest BCUT2D eigenvalue weighted by Gasteiger charge is 2.29. The third kappa shape index (κ3) is 5.38. The van der Waals surface area contributed by atoms with Gasteiger partial charge in [0.2, 0.25) is 0 Å². The quantitative estimate of drug-likeness (QED) is 0.455. The van der Waals surface area contributed by atoms with Gasteiger partial charge in [-0.25, -0.2) is 0 Å². The molecule has 1 fully saturated rings. The number of ether oxygens (including phenoxy) is 2. The zero-order valence-electron chi connectivity index (χ0n) is 16.9. The lowest BCUT2D eigenvalue weighted by Gasteiger charge is -2.28. The van der Waals surface area contributed by atoms with E-state index >= 15 is 0 Å². The molecule has 1 aliphatic carbocycles. The second-order valence-electron chi connectivity index (χ2n) is 7.80. The Morgan fingerprint density at radius 1 is 1.24 bits per heavy atom. The van der Waals surface area contributed by atoms with Crippen molar-refractivity contribution < 1.29 is 23.6 Å². The van der Waals surface area contributed by atoms with Crippen LogP contribution in [0.15, 0.2) is 28.8 Å². The molecule has 2 atom stereocenters. The molecular formula is C22H26ClNO5. The number of halogens is 1. The summed E-state index contributed by atoms with van der Waals surface area (Å²) in [6.45, 7) is 5.97. The number of carbonyl (C=O) groups is 2. The van der Waals surface area contributed by atoms with Crippen molar-refractivity contribution in [1.29, 1.82) is 0 Å². The lowest BCUT2D eigenvalue weighted by molar-refractivity contribution is -0.154. The van der Waals surface area contributed by atoms with Crippen molar-refractivity contribution in [3.8, 4) is 17.1 Å². The summed E-state index contributed by atoms with van der Waals surface area (Å²) in [5, 5.41) is 3.23. The first-order valence-corrected chi connectivity index (χ1v) is 10.3. The molecule has 6 nitrogen and oxygen atoms in total. The lowest BCUT2D eigenvalue weighted by Crippen LogP contribution is -2.28. The molecule has 0 N–H and O–H groups in total. The molecule has 1 aromatic heterocycles. The monoisotopic (exact) mass is 419 g/mol. The fourth-order valence-corrected chi connectivity index (χ4v) is 3.92. The largest absolute Gasteiger partial charge is 0.493 e. The molecule has 7 heteroatoms. The SMILES string of the molecule is Cc1noc(-c2ccc(OCC3CCCC(C(=O)OC(C)C)C3)cc2)c1C(=O)Cl. The van der Waals surface area contributed by atoms with Crippen LogP contribution in [0.3, 0.4) is 0 Å². The summed E-state index contributed by atoms with van der Waals surface area (Å²) in [5.74, 6) is 1.26. The summed E-state index contributed by atoms with van der Waals surface area (Å²) in [4.78, 5) is 23.8. The van der Waals surface area contributed by atoms with Gasteiger partial charge in [-0.05, 0) is 81.8 Å². The average molecular weight is 420 g/mol. The molecule has 1 heterocycles. The minimum Gasteiger partial charge on any atom is -0.493 e. The van der Waals surface area contributed by atoms with Crippen LogP contribution in [0.2, 0.25) is 0 Å². The van der Waals surface area contributed by atoms with Gasteiger partial charge in [0.05, 0.1) is 24.3 Å². The summed E-state index contributed by atoms with van der Waals surface area (Å²) < 4.78 is 16.6. The summed E-state index contributed by atoms with van der Waals surface area (Å²) >= 11 is 5.64. The van der Waals surface area contributed by atoms with Crippen LogP contribution >= 0.6 is 11.6 Å². The summed E-state index contributed by atoms with van der Waals surface area (Å²) in [5.41, 5.74) is 1.45. The molecule has 0 bridgehead atoms. The molecule has 0 aliphatic heterocycles. The second-order valence-corrected chi connectivity index (χ2v) is 8.14. The third-order valence-corrected chi connectivity index (χ3v) is 5.32. The Kier molecular flexibility index (Phi) is 6.96. The second kappa shape index (κ2) is 9.44. The molecule has 156 valence electrons. The van der Waals surface area contributed by atoms with E-state index in [1.807, 2.05) is 38.1 Å². The molecule has 1 aliphatic rings. The van der Waals surface area contributed by atoms with Crippen LogP contribution in [0.25, 0.3) is 11.3 Å². The topological polar surface area (TPSA) is 78.6 Å². The predicted octanol–water partition coefficient (Wildman–Crippen LogP) is 5.17. The minimum absolute atomic E-state index is 0.0386. The number of benzene rings is 1. The molecule has 0 saturated heterocycles. The van der Waals surface area contributed by atoms with Gasteiger partial charge in [-0.2, -0.15) is 0 Å². The van der Waals surface area contributed by atoms with Crippen LogP contribution in [0.5, 0.6) is 5.75 Å². The van der Waals surface area contributed by atoms with E-state index in [1.54, 1.807) is 6.92 Å². The van der Waals surface area contributed by atoms with E-state index in [0.29, 0.717) is 29.5 Å². The fraction of sp³-hybridized carbons (Fsp3) is 0.500. The average Bonchev–Trinajstić information content (AvgIpc) is 3.08. The Balaban J connectivity index is 1.58. The van der Waals surface area contributed by atoms with E-state index in [1.165, 1.54) is 0 Å². The van der Waals surface area contributed by atoms with Gasteiger partial charge in [-0.15, -0.1) is 0 Å². The van der Waals surface area contributed by atoms with Gasteiger partial charge in [-0.1, -0.05) is 11.6 Å². The molecule has 29 heavy (non-hydrogen) atoms. The first kappa shape index (κ1) is 21.4. The molecule has 1 aromatic carbocycles. The van der Waals surface area contributed by atoms with E-state index in [-0.39, 0.29) is 23.6 Å². The Labute approximate surface area is 175 Å². The number of hydrogen-bond acceptors (Lipinski definition) is 6. The normalized spacial score (nSPS) is 19.2. The van der Waals surface area contributed by atoms with Crippen molar-refractivity contribution in [3.05, 3.63) is 35.5 Å². The summed E-state index contributed by atoms with van der Waals surface area (Å²) in [6.07, 6.45) is 3.64. The van der Waals surface area contributed by atoms with Crippen LogP contribution in [-0.4, -0.2) is 29.1 Å². The van der Waals surface area contributed by atoms with E-state index < -0.39 is 5.24 Å². The first-order valence-electron chi connectivity index (χ1n) is 9.95. The summed E-state index contributed by atoms with van der Waals surface area (Å²) in [6, 6.07) is 7.26. The predicted molar refractivity (Wildman–Crippen MR) is 109 cm³/mol. The van der Waals surface area contributed by atoms with Gasteiger partial charge in [0.1, 0.15) is 11.3 Å². The Bertz CT molecular complexity index is 859. The molecule has 2 unspecified atom stereocenters. The molecule has 3 rings (SSSR count). The highest BCUT2D eigenvalue weighted by Crippen LogP contribution is 2.32. The van der Waals surface area contributed by atoms with E-state index in [0.717, 1.165) is 31.4 Å². The van der Waals surface area contributed by atoms with Crippen LogP contribution < -0.4 is 4.74 Å². The Hall–Kier alpha value is -2.34. The van der Waals surface area contributed by atoms with Crippen molar-refractivity contribution >= 4 is 22.8 Å². The van der Waals surface area contributed by atoms with Gasteiger partial charge >= 0.3 is 5.97 Å². The fourth-order valence-electron chi connectivity index (χ4n) is 3.70. The zero-order valence-corrected chi connectivity index (χ0v) is 17.7. The van der Waals surface area contributed by atoms with Crippen LogP contribution in [0, 0.1) is 18.8 Å². The van der Waals surface area contributed by atoms with Gasteiger partial charge in [-0.3, -0.25) is 9.59 Å². The number of carbonyl (C=O) groups excluding carboxylic acids is 2. The number of nitrogens with zero attached hydrogens (tertiary/aromatic N) is 1. The maximum atomic E-state index is 12.2. The number of rotatable bonds is 7. The van der Waals surface area contributed by atoms with E-state index in [4.69, 9.17) is 25.6 Å². The number of hydrogen-bond donors (Lipinski definition) is 0. The molecular weight excluding hydrogens is 394 g/mol. The van der Waals surface area contributed by atoms with Crippen molar-refractivity contribution in [1.82, 2.24) is 5.16 Å². The van der Waals surface area contributed by atoms with Gasteiger partial charge < -0.3 is 14.0 Å². The van der Waals surface area contributed by atoms with Crippen LogP contribution in [0.4, 0.5) is 0 Å². The van der Waals surface area contributed by atoms with Crippen molar-refractivity contribution in [2.24, 2.45) is 11.8 Å². The molecule has 0 spiro atoms. The van der Waals surface area contributed by atoms with Gasteiger partial charge in [0, 0.05) is 5.56 Å². The van der Waals surface area contributed by atoms with Crippen LogP contribution in [0.1, 0.15) is 55.6 Å².